The Morgan fingerprint density at radius 1 is 1.17 bits per heavy atom. The highest BCUT2D eigenvalue weighted by Crippen LogP contribution is 2.28. The van der Waals surface area contributed by atoms with Gasteiger partial charge in [-0.3, -0.25) is 0 Å². The van der Waals surface area contributed by atoms with Crippen molar-refractivity contribution in [3.05, 3.63) is 0 Å². The molecular weight excluding hydrogens is 226 g/mol. The van der Waals surface area contributed by atoms with Crippen molar-refractivity contribution >= 4 is 0 Å². The van der Waals surface area contributed by atoms with E-state index in [2.05, 4.69) is 12.2 Å². The highest BCUT2D eigenvalue weighted by molar-refractivity contribution is 4.86. The van der Waals surface area contributed by atoms with Crippen LogP contribution >= 0.6 is 0 Å². The minimum atomic E-state index is -0.515. The zero-order valence-electron chi connectivity index (χ0n) is 11.8. The topological polar surface area (TPSA) is 41.5 Å². The molecule has 0 spiro atoms. The molecule has 1 aliphatic carbocycles. The van der Waals surface area contributed by atoms with Gasteiger partial charge in [-0.2, -0.15) is 0 Å². The second-order valence-corrected chi connectivity index (χ2v) is 6.22. The molecule has 0 unspecified atom stereocenters. The second-order valence-electron chi connectivity index (χ2n) is 6.22. The summed E-state index contributed by atoms with van der Waals surface area (Å²) in [6.45, 7) is 4.45. The first-order valence-corrected chi connectivity index (χ1v) is 7.75. The minimum absolute atomic E-state index is 0.515. The maximum absolute atomic E-state index is 10.4. The summed E-state index contributed by atoms with van der Waals surface area (Å²) in [7, 11) is 0. The Kier molecular flexibility index (Phi) is 5.46. The van der Waals surface area contributed by atoms with Crippen LogP contribution in [0.1, 0.15) is 58.3 Å². The Morgan fingerprint density at radius 3 is 2.44 bits per heavy atom. The summed E-state index contributed by atoms with van der Waals surface area (Å²) < 4.78 is 5.31. The Balaban J connectivity index is 1.65. The van der Waals surface area contributed by atoms with Crippen LogP contribution in [-0.4, -0.2) is 36.5 Å². The van der Waals surface area contributed by atoms with E-state index in [1.807, 2.05) is 0 Å². The van der Waals surface area contributed by atoms with E-state index in [9.17, 15) is 5.11 Å². The SMILES string of the molecule is CCCC1CCC(NCC2(O)CCOCC2)CC1. The van der Waals surface area contributed by atoms with Gasteiger partial charge in [0.05, 0.1) is 5.60 Å². The summed E-state index contributed by atoms with van der Waals surface area (Å²) in [6.07, 6.45) is 9.60. The maximum Gasteiger partial charge on any atom is 0.0815 e. The number of nitrogens with one attached hydrogen (secondary N) is 1. The first-order valence-electron chi connectivity index (χ1n) is 7.75. The van der Waals surface area contributed by atoms with Gasteiger partial charge in [-0.15, -0.1) is 0 Å². The molecular formula is C15H29NO2. The van der Waals surface area contributed by atoms with E-state index in [1.165, 1.54) is 38.5 Å². The molecule has 0 aromatic rings. The zero-order chi connectivity index (χ0) is 12.8. The molecule has 0 aromatic carbocycles. The molecule has 1 aliphatic heterocycles. The predicted molar refractivity (Wildman–Crippen MR) is 73.7 cm³/mol. The molecule has 1 saturated carbocycles. The summed E-state index contributed by atoms with van der Waals surface area (Å²) >= 11 is 0. The van der Waals surface area contributed by atoms with Crippen molar-refractivity contribution in [2.45, 2.75) is 69.9 Å². The van der Waals surface area contributed by atoms with Gasteiger partial charge in [0, 0.05) is 38.6 Å². The lowest BCUT2D eigenvalue weighted by molar-refractivity contribution is -0.0633. The summed E-state index contributed by atoms with van der Waals surface area (Å²) in [5.41, 5.74) is -0.515. The molecule has 0 radical (unpaired) electrons. The quantitative estimate of drug-likeness (QED) is 0.793. The second kappa shape index (κ2) is 6.88. The lowest BCUT2D eigenvalue weighted by atomic mass is 9.83. The molecule has 106 valence electrons. The summed E-state index contributed by atoms with van der Waals surface area (Å²) in [6, 6.07) is 0.630. The van der Waals surface area contributed by atoms with Gasteiger partial charge in [0.2, 0.25) is 0 Å². The lowest BCUT2D eigenvalue weighted by Crippen LogP contribution is -2.48. The van der Waals surface area contributed by atoms with Crippen LogP contribution in [0.25, 0.3) is 0 Å². The molecule has 1 heterocycles. The molecule has 2 N–H and O–H groups in total. The van der Waals surface area contributed by atoms with E-state index in [1.54, 1.807) is 0 Å². The highest BCUT2D eigenvalue weighted by Gasteiger charge is 2.30. The average molecular weight is 255 g/mol. The summed E-state index contributed by atoms with van der Waals surface area (Å²) in [5, 5.41) is 14.0. The van der Waals surface area contributed by atoms with Crippen molar-refractivity contribution in [2.75, 3.05) is 19.8 Å². The molecule has 0 amide bonds. The maximum atomic E-state index is 10.4. The van der Waals surface area contributed by atoms with Crippen LogP contribution in [-0.2, 0) is 4.74 Å². The van der Waals surface area contributed by atoms with E-state index in [4.69, 9.17) is 4.74 Å². The van der Waals surface area contributed by atoms with Gasteiger partial charge in [0.1, 0.15) is 0 Å². The number of aliphatic hydroxyl groups is 1. The Hall–Kier alpha value is -0.120. The summed E-state index contributed by atoms with van der Waals surface area (Å²) in [5.74, 6) is 0.958. The molecule has 0 atom stereocenters. The third-order valence-corrected chi connectivity index (χ3v) is 4.69. The van der Waals surface area contributed by atoms with Crippen LogP contribution < -0.4 is 5.32 Å². The van der Waals surface area contributed by atoms with Crippen molar-refractivity contribution in [3.63, 3.8) is 0 Å². The van der Waals surface area contributed by atoms with E-state index < -0.39 is 5.60 Å². The number of hydrogen-bond donors (Lipinski definition) is 2. The largest absolute Gasteiger partial charge is 0.388 e. The van der Waals surface area contributed by atoms with Gasteiger partial charge >= 0.3 is 0 Å². The van der Waals surface area contributed by atoms with Gasteiger partial charge in [-0.1, -0.05) is 19.8 Å². The van der Waals surface area contributed by atoms with E-state index >= 15 is 0 Å². The smallest absolute Gasteiger partial charge is 0.0815 e. The van der Waals surface area contributed by atoms with Crippen LogP contribution in [0.3, 0.4) is 0 Å². The van der Waals surface area contributed by atoms with Crippen molar-refractivity contribution in [2.24, 2.45) is 5.92 Å². The van der Waals surface area contributed by atoms with Gasteiger partial charge < -0.3 is 15.2 Å². The average Bonchev–Trinajstić information content (AvgIpc) is 2.39. The van der Waals surface area contributed by atoms with Crippen LogP contribution in [0.2, 0.25) is 0 Å². The molecule has 0 aromatic heterocycles. The molecule has 3 heteroatoms. The van der Waals surface area contributed by atoms with Gasteiger partial charge in [-0.25, -0.2) is 0 Å². The first kappa shape index (κ1) is 14.3. The van der Waals surface area contributed by atoms with Crippen LogP contribution in [0.4, 0.5) is 0 Å². The third-order valence-electron chi connectivity index (χ3n) is 4.69. The number of rotatable bonds is 5. The first-order chi connectivity index (χ1) is 8.72. The molecule has 2 rings (SSSR count). The van der Waals surface area contributed by atoms with E-state index in [0.29, 0.717) is 19.3 Å². The summed E-state index contributed by atoms with van der Waals surface area (Å²) in [4.78, 5) is 0. The molecule has 2 aliphatic rings. The van der Waals surface area contributed by atoms with Crippen LogP contribution in [0, 0.1) is 5.92 Å². The molecule has 1 saturated heterocycles. The minimum Gasteiger partial charge on any atom is -0.388 e. The van der Waals surface area contributed by atoms with Crippen LogP contribution in [0.15, 0.2) is 0 Å². The Morgan fingerprint density at radius 2 is 1.83 bits per heavy atom. The molecule has 2 fully saturated rings. The lowest BCUT2D eigenvalue weighted by Gasteiger charge is -2.35. The molecule has 0 bridgehead atoms. The van der Waals surface area contributed by atoms with Crippen molar-refractivity contribution in [1.29, 1.82) is 0 Å². The fraction of sp³-hybridized carbons (Fsp3) is 1.00. The number of hydrogen-bond acceptors (Lipinski definition) is 3. The van der Waals surface area contributed by atoms with Gasteiger partial charge in [0.25, 0.3) is 0 Å². The molecule has 18 heavy (non-hydrogen) atoms. The highest BCUT2D eigenvalue weighted by atomic mass is 16.5. The fourth-order valence-electron chi connectivity index (χ4n) is 3.33. The zero-order valence-corrected chi connectivity index (χ0v) is 11.8. The van der Waals surface area contributed by atoms with Crippen molar-refractivity contribution in [3.8, 4) is 0 Å². The van der Waals surface area contributed by atoms with Crippen molar-refractivity contribution in [1.82, 2.24) is 5.32 Å². The van der Waals surface area contributed by atoms with Crippen LogP contribution in [0.5, 0.6) is 0 Å². The van der Waals surface area contributed by atoms with E-state index in [-0.39, 0.29) is 0 Å². The fourth-order valence-corrected chi connectivity index (χ4v) is 3.33. The number of ether oxygens (including phenoxy) is 1. The Bertz CT molecular complexity index is 231. The normalized spacial score (nSPS) is 32.3. The molecule has 3 nitrogen and oxygen atoms in total. The van der Waals surface area contributed by atoms with Crippen molar-refractivity contribution < 1.29 is 9.84 Å². The monoisotopic (exact) mass is 255 g/mol. The van der Waals surface area contributed by atoms with Gasteiger partial charge in [0.15, 0.2) is 0 Å². The van der Waals surface area contributed by atoms with Gasteiger partial charge in [-0.05, 0) is 31.6 Å². The third kappa shape index (κ3) is 4.22. The standard InChI is InChI=1S/C15H29NO2/c1-2-3-13-4-6-14(7-5-13)16-12-15(17)8-10-18-11-9-15/h13-14,16-17H,2-12H2,1H3. The van der Waals surface area contributed by atoms with E-state index in [0.717, 1.165) is 25.3 Å². The predicted octanol–water partition coefficient (Wildman–Crippen LogP) is 2.48. The Labute approximate surface area is 111 Å².